The van der Waals surface area contributed by atoms with Gasteiger partial charge in [-0.3, -0.25) is 0 Å². The summed E-state index contributed by atoms with van der Waals surface area (Å²) in [5, 5.41) is 21.6. The highest BCUT2D eigenvalue weighted by Gasteiger charge is 2.12. The first-order chi connectivity index (χ1) is 12.8. The summed E-state index contributed by atoms with van der Waals surface area (Å²) in [6, 6.07) is 14.2. The first kappa shape index (κ1) is 14.9. The molecule has 0 aliphatic rings. The lowest BCUT2D eigenvalue weighted by Crippen LogP contribution is -1.95. The van der Waals surface area contributed by atoms with Crippen LogP contribution in [0.5, 0.6) is 0 Å². The number of hydrogen-bond acceptors (Lipinski definition) is 6. The molecule has 3 aromatic heterocycles. The number of nitrogens with zero attached hydrogens (tertiary/aromatic N) is 4. The van der Waals surface area contributed by atoms with Gasteiger partial charge in [0.25, 0.3) is 0 Å². The number of rotatable bonds is 3. The Morgan fingerprint density at radius 3 is 2.69 bits per heavy atom. The van der Waals surface area contributed by atoms with E-state index in [4.69, 9.17) is 4.98 Å². The number of H-pyrrole nitrogens is 1. The molecule has 0 unspecified atom stereocenters. The fourth-order valence-electron chi connectivity index (χ4n) is 2.91. The molecular formula is C18H11FN6S. The third kappa shape index (κ3) is 2.47. The molecule has 3 heterocycles. The van der Waals surface area contributed by atoms with Gasteiger partial charge < -0.3 is 5.32 Å². The maximum atomic E-state index is 13.2. The van der Waals surface area contributed by atoms with Crippen LogP contribution in [0.2, 0.25) is 0 Å². The summed E-state index contributed by atoms with van der Waals surface area (Å²) in [4.78, 5) is 4.78. The van der Waals surface area contributed by atoms with Crippen molar-refractivity contribution in [3.8, 4) is 11.4 Å². The van der Waals surface area contributed by atoms with Crippen molar-refractivity contribution >= 4 is 43.8 Å². The molecule has 5 aromatic rings. The Morgan fingerprint density at radius 2 is 1.88 bits per heavy atom. The molecule has 0 spiro atoms. The van der Waals surface area contributed by atoms with Gasteiger partial charge in [0.2, 0.25) is 5.82 Å². The van der Waals surface area contributed by atoms with Gasteiger partial charge in [0.05, 0.1) is 10.2 Å². The number of benzene rings is 2. The maximum absolute atomic E-state index is 13.2. The molecule has 0 radical (unpaired) electrons. The number of hydrogen-bond donors (Lipinski definition) is 2. The van der Waals surface area contributed by atoms with E-state index in [1.807, 2.05) is 23.6 Å². The third-order valence-electron chi connectivity index (χ3n) is 4.11. The lowest BCUT2D eigenvalue weighted by molar-refractivity contribution is 0.628. The fourth-order valence-corrected chi connectivity index (χ4v) is 3.76. The lowest BCUT2D eigenvalue weighted by Gasteiger charge is -2.09. The Morgan fingerprint density at radius 1 is 1.00 bits per heavy atom. The molecule has 0 amide bonds. The summed E-state index contributed by atoms with van der Waals surface area (Å²) in [5.74, 6) is 0.986. The molecule has 6 nitrogen and oxygen atoms in total. The maximum Gasteiger partial charge on any atom is 0.204 e. The summed E-state index contributed by atoms with van der Waals surface area (Å²) in [6.07, 6.45) is 0. The van der Waals surface area contributed by atoms with Crippen LogP contribution in [0.1, 0.15) is 0 Å². The van der Waals surface area contributed by atoms with Crippen molar-refractivity contribution in [2.75, 3.05) is 5.32 Å². The summed E-state index contributed by atoms with van der Waals surface area (Å²) >= 11 is 1.61. The second-order valence-corrected chi connectivity index (χ2v) is 6.64. The fraction of sp³-hybridized carbons (Fsp3) is 0. The summed E-state index contributed by atoms with van der Waals surface area (Å²) in [5.41, 5.74) is 2.44. The molecule has 0 saturated carbocycles. The van der Waals surface area contributed by atoms with E-state index in [1.54, 1.807) is 23.5 Å². The van der Waals surface area contributed by atoms with Gasteiger partial charge in [0, 0.05) is 22.0 Å². The molecule has 0 fully saturated rings. The first-order valence-electron chi connectivity index (χ1n) is 7.85. The topological polar surface area (TPSA) is 79.4 Å². The van der Waals surface area contributed by atoms with Crippen LogP contribution < -0.4 is 5.32 Å². The highest BCUT2D eigenvalue weighted by molar-refractivity contribution is 7.18. The van der Waals surface area contributed by atoms with Gasteiger partial charge >= 0.3 is 0 Å². The molecule has 0 atom stereocenters. The largest absolute Gasteiger partial charge is 0.339 e. The van der Waals surface area contributed by atoms with Gasteiger partial charge in [-0.1, -0.05) is 12.1 Å². The predicted octanol–water partition coefficient (Wildman–Crippen LogP) is 4.51. The van der Waals surface area contributed by atoms with Crippen LogP contribution in [-0.2, 0) is 0 Å². The van der Waals surface area contributed by atoms with Crippen LogP contribution in [0.15, 0.2) is 53.9 Å². The minimum Gasteiger partial charge on any atom is -0.339 e. The Hall–Kier alpha value is -3.39. The van der Waals surface area contributed by atoms with E-state index in [-0.39, 0.29) is 5.82 Å². The van der Waals surface area contributed by atoms with E-state index in [0.29, 0.717) is 5.82 Å². The van der Waals surface area contributed by atoms with E-state index >= 15 is 0 Å². The molecule has 2 aromatic carbocycles. The van der Waals surface area contributed by atoms with Gasteiger partial charge in [-0.05, 0) is 47.0 Å². The smallest absolute Gasteiger partial charge is 0.204 e. The number of aromatic nitrogens is 5. The van der Waals surface area contributed by atoms with Crippen LogP contribution in [-0.4, -0.2) is 25.6 Å². The van der Waals surface area contributed by atoms with Crippen LogP contribution in [0.3, 0.4) is 0 Å². The highest BCUT2D eigenvalue weighted by Crippen LogP contribution is 2.35. The lowest BCUT2D eigenvalue weighted by atomic mass is 10.1. The van der Waals surface area contributed by atoms with Gasteiger partial charge in [0.1, 0.15) is 11.6 Å². The summed E-state index contributed by atoms with van der Waals surface area (Å²) in [6.45, 7) is 0. The molecule has 0 bridgehead atoms. The SMILES string of the molecule is Fc1ccc(Nc2nc3cc(-c4nn[nH]n4)ccc3c3ccsc23)cc1. The summed E-state index contributed by atoms with van der Waals surface area (Å²) in [7, 11) is 0. The van der Waals surface area contributed by atoms with Crippen LogP contribution in [0, 0.1) is 5.82 Å². The van der Waals surface area contributed by atoms with E-state index in [1.165, 1.54) is 12.1 Å². The molecule has 2 N–H and O–H groups in total. The van der Waals surface area contributed by atoms with E-state index in [9.17, 15) is 4.39 Å². The zero-order valence-electron chi connectivity index (χ0n) is 13.3. The Labute approximate surface area is 150 Å². The number of aromatic amines is 1. The predicted molar refractivity (Wildman–Crippen MR) is 100.0 cm³/mol. The molecule has 0 aliphatic carbocycles. The van der Waals surface area contributed by atoms with Crippen LogP contribution >= 0.6 is 11.3 Å². The van der Waals surface area contributed by atoms with E-state index in [2.05, 4.69) is 32.0 Å². The van der Waals surface area contributed by atoms with Gasteiger partial charge in [-0.15, -0.1) is 21.5 Å². The normalized spacial score (nSPS) is 11.3. The van der Waals surface area contributed by atoms with Crippen molar-refractivity contribution in [2.45, 2.75) is 0 Å². The third-order valence-corrected chi connectivity index (χ3v) is 5.03. The molecule has 126 valence electrons. The van der Waals surface area contributed by atoms with Crippen molar-refractivity contribution in [2.24, 2.45) is 0 Å². The van der Waals surface area contributed by atoms with Crippen LogP contribution in [0.4, 0.5) is 15.9 Å². The number of halogens is 1. The minimum atomic E-state index is -0.270. The van der Waals surface area contributed by atoms with Gasteiger partial charge in [0.15, 0.2) is 0 Å². The van der Waals surface area contributed by atoms with Crippen molar-refractivity contribution in [1.29, 1.82) is 0 Å². The van der Waals surface area contributed by atoms with Crippen molar-refractivity contribution < 1.29 is 4.39 Å². The van der Waals surface area contributed by atoms with E-state index < -0.39 is 0 Å². The Bertz CT molecular complexity index is 1210. The molecule has 0 aliphatic heterocycles. The minimum absolute atomic E-state index is 0.270. The van der Waals surface area contributed by atoms with Gasteiger partial charge in [-0.25, -0.2) is 9.37 Å². The number of anilines is 2. The average Bonchev–Trinajstić information content (AvgIpc) is 3.35. The monoisotopic (exact) mass is 362 g/mol. The highest BCUT2D eigenvalue weighted by atomic mass is 32.1. The number of pyridine rings is 1. The molecule has 0 saturated heterocycles. The first-order valence-corrected chi connectivity index (χ1v) is 8.73. The molecule has 26 heavy (non-hydrogen) atoms. The number of nitrogens with one attached hydrogen (secondary N) is 2. The zero-order chi connectivity index (χ0) is 17.5. The number of thiophene rings is 1. The van der Waals surface area contributed by atoms with Crippen molar-refractivity contribution in [3.05, 3.63) is 59.7 Å². The van der Waals surface area contributed by atoms with Gasteiger partial charge in [-0.2, -0.15) is 5.21 Å². The standard InChI is InChI=1S/C18H11FN6S/c19-11-2-4-12(5-3-11)20-18-16-14(7-8-26-16)13-6-1-10(9-15(13)21-18)17-22-24-25-23-17/h1-9H,(H,20,21)(H,22,23,24,25). The number of tetrazole rings is 1. The molecule has 8 heteroatoms. The second-order valence-electron chi connectivity index (χ2n) is 5.72. The van der Waals surface area contributed by atoms with Crippen molar-refractivity contribution in [3.63, 3.8) is 0 Å². The Kier molecular flexibility index (Phi) is 3.36. The Balaban J connectivity index is 1.68. The molecular weight excluding hydrogens is 351 g/mol. The number of fused-ring (bicyclic) bond motifs is 3. The second kappa shape index (κ2) is 5.85. The van der Waals surface area contributed by atoms with Crippen molar-refractivity contribution in [1.82, 2.24) is 25.6 Å². The zero-order valence-corrected chi connectivity index (χ0v) is 14.1. The molecule has 5 rings (SSSR count). The van der Waals surface area contributed by atoms with Crippen LogP contribution in [0.25, 0.3) is 32.4 Å². The summed E-state index contributed by atoms with van der Waals surface area (Å²) < 4.78 is 14.2. The van der Waals surface area contributed by atoms with E-state index in [0.717, 1.165) is 38.1 Å². The quantitative estimate of drug-likeness (QED) is 0.493. The average molecular weight is 362 g/mol.